The average molecular weight is 287 g/mol. The van der Waals surface area contributed by atoms with Crippen LogP contribution in [0.25, 0.3) is 0 Å². The van der Waals surface area contributed by atoms with E-state index in [0.29, 0.717) is 6.54 Å². The van der Waals surface area contributed by atoms with Crippen LogP contribution in [0, 0.1) is 5.41 Å². The van der Waals surface area contributed by atoms with Gasteiger partial charge < -0.3 is 15.8 Å². The maximum Gasteiger partial charge on any atom is 0.227 e. The van der Waals surface area contributed by atoms with E-state index in [1.165, 1.54) is 0 Å². The molecular formula is C14H23ClN2O2. The first-order chi connectivity index (χ1) is 8.40. The minimum absolute atomic E-state index is 0. The van der Waals surface area contributed by atoms with E-state index in [2.05, 4.69) is 5.32 Å². The Bertz CT molecular complexity index is 422. The Hall–Kier alpha value is -1.26. The molecule has 1 amide bonds. The van der Waals surface area contributed by atoms with Crippen molar-refractivity contribution in [1.29, 1.82) is 0 Å². The third-order valence-electron chi connectivity index (χ3n) is 3.07. The lowest BCUT2D eigenvalue weighted by Gasteiger charge is -2.24. The van der Waals surface area contributed by atoms with Gasteiger partial charge in [-0.15, -0.1) is 12.4 Å². The van der Waals surface area contributed by atoms with Crippen LogP contribution in [0.5, 0.6) is 5.75 Å². The first-order valence-corrected chi connectivity index (χ1v) is 6.05. The van der Waals surface area contributed by atoms with Crippen LogP contribution >= 0.6 is 12.4 Å². The van der Waals surface area contributed by atoms with Crippen molar-refractivity contribution < 1.29 is 9.53 Å². The van der Waals surface area contributed by atoms with E-state index in [1.807, 2.05) is 45.0 Å². The zero-order chi connectivity index (χ0) is 13.8. The van der Waals surface area contributed by atoms with Gasteiger partial charge in [0.25, 0.3) is 0 Å². The molecular weight excluding hydrogens is 264 g/mol. The highest BCUT2D eigenvalue weighted by molar-refractivity contribution is 5.85. The van der Waals surface area contributed by atoms with Gasteiger partial charge in [0.1, 0.15) is 5.75 Å². The van der Waals surface area contributed by atoms with Crippen LogP contribution < -0.4 is 15.8 Å². The lowest BCUT2D eigenvalue weighted by Crippen LogP contribution is -2.42. The Labute approximate surface area is 121 Å². The molecule has 1 aromatic carbocycles. The molecule has 108 valence electrons. The summed E-state index contributed by atoms with van der Waals surface area (Å²) in [5, 5.41) is 2.96. The Morgan fingerprint density at radius 2 is 2.11 bits per heavy atom. The number of carbonyl (C=O) groups excluding carboxylic acids is 1. The van der Waals surface area contributed by atoms with Crippen molar-refractivity contribution in [3.8, 4) is 5.75 Å². The quantitative estimate of drug-likeness (QED) is 0.873. The molecule has 3 N–H and O–H groups in total. The smallest absolute Gasteiger partial charge is 0.227 e. The number of rotatable bonds is 5. The summed E-state index contributed by atoms with van der Waals surface area (Å²) in [4.78, 5) is 12.0. The van der Waals surface area contributed by atoms with Crippen molar-refractivity contribution in [1.82, 2.24) is 5.32 Å². The molecule has 0 fully saturated rings. The molecule has 1 aromatic rings. The summed E-state index contributed by atoms with van der Waals surface area (Å²) in [5.41, 5.74) is 6.05. The minimum Gasteiger partial charge on any atom is -0.497 e. The van der Waals surface area contributed by atoms with E-state index in [-0.39, 0.29) is 24.4 Å². The number of amides is 1. The molecule has 0 aliphatic heterocycles. The molecule has 5 heteroatoms. The van der Waals surface area contributed by atoms with E-state index < -0.39 is 5.41 Å². The number of hydrogen-bond acceptors (Lipinski definition) is 3. The zero-order valence-corrected chi connectivity index (χ0v) is 12.7. The van der Waals surface area contributed by atoms with Gasteiger partial charge in [-0.3, -0.25) is 4.79 Å². The van der Waals surface area contributed by atoms with Gasteiger partial charge in [0.05, 0.1) is 18.6 Å². The van der Waals surface area contributed by atoms with Crippen molar-refractivity contribution in [2.45, 2.75) is 26.8 Å². The molecule has 0 radical (unpaired) electrons. The molecule has 19 heavy (non-hydrogen) atoms. The molecule has 0 aromatic heterocycles. The minimum atomic E-state index is -0.548. The van der Waals surface area contributed by atoms with Crippen molar-refractivity contribution in [3.63, 3.8) is 0 Å². The Morgan fingerprint density at radius 3 is 2.63 bits per heavy atom. The lowest BCUT2D eigenvalue weighted by molar-refractivity contribution is -0.129. The third kappa shape index (κ3) is 4.73. The lowest BCUT2D eigenvalue weighted by atomic mass is 9.92. The van der Waals surface area contributed by atoms with Gasteiger partial charge in [0.2, 0.25) is 5.91 Å². The van der Waals surface area contributed by atoms with Gasteiger partial charge in [-0.25, -0.2) is 0 Å². The number of benzene rings is 1. The Balaban J connectivity index is 0.00000324. The number of carbonyl (C=O) groups is 1. The number of halogens is 1. The molecule has 1 rings (SSSR count). The van der Waals surface area contributed by atoms with E-state index in [9.17, 15) is 4.79 Å². The average Bonchev–Trinajstić information content (AvgIpc) is 2.38. The molecule has 0 bridgehead atoms. The van der Waals surface area contributed by atoms with Crippen LogP contribution in [0.3, 0.4) is 0 Å². The van der Waals surface area contributed by atoms with Crippen molar-refractivity contribution in [3.05, 3.63) is 29.8 Å². The summed E-state index contributed by atoms with van der Waals surface area (Å²) in [6, 6.07) is 7.59. The largest absolute Gasteiger partial charge is 0.497 e. The summed E-state index contributed by atoms with van der Waals surface area (Å²) in [7, 11) is 1.62. The highest BCUT2D eigenvalue weighted by Crippen LogP contribution is 2.21. The number of methoxy groups -OCH3 is 1. The molecule has 0 saturated heterocycles. The van der Waals surface area contributed by atoms with E-state index >= 15 is 0 Å². The first kappa shape index (κ1) is 17.7. The first-order valence-electron chi connectivity index (χ1n) is 6.05. The van der Waals surface area contributed by atoms with Crippen LogP contribution in [-0.2, 0) is 4.79 Å². The van der Waals surface area contributed by atoms with Gasteiger partial charge in [-0.1, -0.05) is 12.1 Å². The second kappa shape index (κ2) is 7.36. The normalized spacial score (nSPS) is 12.3. The van der Waals surface area contributed by atoms with Crippen LogP contribution in [0.15, 0.2) is 24.3 Å². The van der Waals surface area contributed by atoms with Crippen molar-refractivity contribution in [2.75, 3.05) is 13.7 Å². The summed E-state index contributed by atoms with van der Waals surface area (Å²) >= 11 is 0. The number of nitrogens with one attached hydrogen (secondary N) is 1. The molecule has 0 aliphatic carbocycles. The van der Waals surface area contributed by atoms with Gasteiger partial charge in [0, 0.05) is 6.54 Å². The van der Waals surface area contributed by atoms with E-state index in [0.717, 1.165) is 11.3 Å². The van der Waals surface area contributed by atoms with Crippen LogP contribution in [0.2, 0.25) is 0 Å². The molecule has 0 heterocycles. The Morgan fingerprint density at radius 1 is 1.47 bits per heavy atom. The number of ether oxygens (including phenoxy) is 1. The fourth-order valence-electron chi connectivity index (χ4n) is 1.48. The highest BCUT2D eigenvalue weighted by atomic mass is 35.5. The van der Waals surface area contributed by atoms with Gasteiger partial charge >= 0.3 is 0 Å². The second-order valence-corrected chi connectivity index (χ2v) is 5.06. The highest BCUT2D eigenvalue weighted by Gasteiger charge is 2.26. The Kier molecular flexibility index (Phi) is 6.87. The third-order valence-corrected chi connectivity index (χ3v) is 3.07. The molecule has 0 spiro atoms. The number of hydrogen-bond donors (Lipinski definition) is 2. The number of nitrogens with two attached hydrogens (primary N) is 1. The van der Waals surface area contributed by atoms with Crippen LogP contribution in [0.4, 0.5) is 0 Å². The van der Waals surface area contributed by atoms with E-state index in [4.69, 9.17) is 10.5 Å². The fraction of sp³-hybridized carbons (Fsp3) is 0.500. The topological polar surface area (TPSA) is 64.3 Å². The predicted octanol–water partition coefficient (Wildman–Crippen LogP) is 2.28. The standard InChI is InChI=1S/C14H22N2O2.ClH/c1-10(16-13(17)14(2,3)9-15)11-6-5-7-12(8-11)18-4;/h5-8,10H,9,15H2,1-4H3,(H,16,17);1H. The summed E-state index contributed by atoms with van der Waals surface area (Å²) in [5.74, 6) is 0.743. The van der Waals surface area contributed by atoms with Crippen molar-refractivity contribution >= 4 is 18.3 Å². The van der Waals surface area contributed by atoms with E-state index in [1.54, 1.807) is 7.11 Å². The molecule has 4 nitrogen and oxygen atoms in total. The van der Waals surface area contributed by atoms with Gasteiger partial charge in [0.15, 0.2) is 0 Å². The summed E-state index contributed by atoms with van der Waals surface area (Å²) in [6.07, 6.45) is 0. The van der Waals surface area contributed by atoms with Gasteiger partial charge in [-0.2, -0.15) is 0 Å². The van der Waals surface area contributed by atoms with Crippen molar-refractivity contribution in [2.24, 2.45) is 11.1 Å². The fourth-order valence-corrected chi connectivity index (χ4v) is 1.48. The summed E-state index contributed by atoms with van der Waals surface area (Å²) < 4.78 is 5.17. The van der Waals surface area contributed by atoms with Crippen LogP contribution in [0.1, 0.15) is 32.4 Å². The van der Waals surface area contributed by atoms with Gasteiger partial charge in [-0.05, 0) is 38.5 Å². The second-order valence-electron chi connectivity index (χ2n) is 5.06. The van der Waals surface area contributed by atoms with Crippen LogP contribution in [-0.4, -0.2) is 19.6 Å². The molecule has 1 atom stereocenters. The molecule has 0 saturated carbocycles. The zero-order valence-electron chi connectivity index (χ0n) is 11.9. The SMILES string of the molecule is COc1cccc(C(C)NC(=O)C(C)(C)CN)c1.Cl. The molecule has 1 unspecified atom stereocenters. The maximum absolute atomic E-state index is 12.0. The monoisotopic (exact) mass is 286 g/mol. The summed E-state index contributed by atoms with van der Waals surface area (Å²) in [6.45, 7) is 5.93. The maximum atomic E-state index is 12.0. The predicted molar refractivity (Wildman–Crippen MR) is 79.6 cm³/mol. The molecule has 0 aliphatic rings.